The minimum atomic E-state index is -0.159. The summed E-state index contributed by atoms with van der Waals surface area (Å²) in [6.45, 7) is 1.89. The second-order valence-corrected chi connectivity index (χ2v) is 5.44. The molecule has 1 amide bonds. The Morgan fingerprint density at radius 1 is 1.16 bits per heavy atom. The summed E-state index contributed by atoms with van der Waals surface area (Å²) in [6, 6.07) is 5.43. The van der Waals surface area contributed by atoms with E-state index in [1.54, 1.807) is 6.07 Å². The number of esters is 1. The van der Waals surface area contributed by atoms with Crippen molar-refractivity contribution in [1.82, 2.24) is 0 Å². The highest BCUT2D eigenvalue weighted by Crippen LogP contribution is 2.33. The molecule has 0 heterocycles. The molecule has 0 unspecified atom stereocenters. The van der Waals surface area contributed by atoms with Crippen molar-refractivity contribution >= 4 is 17.6 Å². The quantitative estimate of drug-likeness (QED) is 0.668. The lowest BCUT2D eigenvalue weighted by Gasteiger charge is -2.10. The van der Waals surface area contributed by atoms with E-state index >= 15 is 0 Å². The lowest BCUT2D eigenvalue weighted by atomic mass is 10.2. The first-order valence-electron chi connectivity index (χ1n) is 6.76. The minimum absolute atomic E-state index is 0.0586. The van der Waals surface area contributed by atoms with Gasteiger partial charge in [-0.2, -0.15) is 0 Å². The molecule has 1 aromatic carbocycles. The van der Waals surface area contributed by atoms with E-state index < -0.39 is 0 Å². The van der Waals surface area contributed by atoms with Gasteiger partial charge in [0.15, 0.2) is 0 Å². The summed E-state index contributed by atoms with van der Waals surface area (Å²) in [5.74, 6) is 0.686. The van der Waals surface area contributed by atoms with Crippen molar-refractivity contribution in [2.45, 2.75) is 32.6 Å². The molecule has 2 aliphatic carbocycles. The number of anilines is 1. The molecule has 19 heavy (non-hydrogen) atoms. The van der Waals surface area contributed by atoms with Crippen LogP contribution < -0.4 is 10.1 Å². The van der Waals surface area contributed by atoms with E-state index in [1.807, 2.05) is 19.1 Å². The van der Waals surface area contributed by atoms with Gasteiger partial charge >= 0.3 is 5.97 Å². The summed E-state index contributed by atoms with van der Waals surface area (Å²) in [4.78, 5) is 23.4. The Hall–Kier alpha value is -1.84. The van der Waals surface area contributed by atoms with Crippen molar-refractivity contribution in [3.05, 3.63) is 23.8 Å². The molecule has 0 bridgehead atoms. The Labute approximate surface area is 112 Å². The number of carbonyl (C=O) groups excluding carboxylic acids is 2. The molecule has 2 aliphatic rings. The summed E-state index contributed by atoms with van der Waals surface area (Å²) < 4.78 is 5.38. The van der Waals surface area contributed by atoms with Crippen LogP contribution in [0.4, 0.5) is 5.69 Å². The molecule has 1 N–H and O–H groups in total. The fraction of sp³-hybridized carbons (Fsp3) is 0.467. The molecule has 4 heteroatoms. The molecule has 0 aliphatic heterocycles. The van der Waals surface area contributed by atoms with Gasteiger partial charge in [-0.05, 0) is 44.2 Å². The maximum atomic E-state index is 11.7. The van der Waals surface area contributed by atoms with Crippen LogP contribution in [0.3, 0.4) is 0 Å². The van der Waals surface area contributed by atoms with Gasteiger partial charge in [-0.25, -0.2) is 0 Å². The zero-order valence-electron chi connectivity index (χ0n) is 10.9. The van der Waals surface area contributed by atoms with Crippen molar-refractivity contribution in [2.75, 3.05) is 5.32 Å². The molecule has 1 aromatic rings. The molecule has 0 aromatic heterocycles. The SMILES string of the molecule is Cc1ccc(NC(=O)C2CC2)cc1OC(=O)C1CC1. The third kappa shape index (κ3) is 2.95. The second kappa shape index (κ2) is 4.68. The van der Waals surface area contributed by atoms with Gasteiger partial charge in [0.1, 0.15) is 5.75 Å². The zero-order valence-corrected chi connectivity index (χ0v) is 10.9. The van der Waals surface area contributed by atoms with E-state index in [0.29, 0.717) is 11.4 Å². The van der Waals surface area contributed by atoms with Crippen LogP contribution in [-0.4, -0.2) is 11.9 Å². The zero-order chi connectivity index (χ0) is 13.4. The minimum Gasteiger partial charge on any atom is -0.426 e. The van der Waals surface area contributed by atoms with E-state index in [4.69, 9.17) is 4.74 Å². The van der Waals surface area contributed by atoms with Crippen molar-refractivity contribution in [3.8, 4) is 5.75 Å². The molecule has 4 nitrogen and oxygen atoms in total. The maximum Gasteiger partial charge on any atom is 0.314 e. The second-order valence-electron chi connectivity index (χ2n) is 5.44. The normalized spacial score (nSPS) is 17.9. The van der Waals surface area contributed by atoms with Crippen LogP contribution in [0.5, 0.6) is 5.75 Å². The topological polar surface area (TPSA) is 55.4 Å². The molecular weight excluding hydrogens is 242 g/mol. The molecule has 3 rings (SSSR count). The van der Waals surface area contributed by atoms with Crippen LogP contribution in [0.25, 0.3) is 0 Å². The molecule has 100 valence electrons. The number of ether oxygens (including phenoxy) is 1. The first kappa shape index (κ1) is 12.2. The van der Waals surface area contributed by atoms with E-state index in [0.717, 1.165) is 31.2 Å². The lowest BCUT2D eigenvalue weighted by Crippen LogP contribution is -2.14. The van der Waals surface area contributed by atoms with Gasteiger partial charge in [-0.1, -0.05) is 6.07 Å². The highest BCUT2D eigenvalue weighted by Gasteiger charge is 2.32. The summed E-state index contributed by atoms with van der Waals surface area (Å²) in [5, 5.41) is 2.86. The number of nitrogens with one attached hydrogen (secondary N) is 1. The van der Waals surface area contributed by atoms with Crippen molar-refractivity contribution in [1.29, 1.82) is 0 Å². The molecule has 2 fully saturated rings. The van der Waals surface area contributed by atoms with Crippen LogP contribution >= 0.6 is 0 Å². The predicted octanol–water partition coefficient (Wildman–Crippen LogP) is 2.66. The Balaban J connectivity index is 1.70. The lowest BCUT2D eigenvalue weighted by molar-refractivity contribution is -0.135. The molecule has 0 atom stereocenters. The van der Waals surface area contributed by atoms with Gasteiger partial charge in [0.2, 0.25) is 5.91 Å². The summed E-state index contributed by atoms with van der Waals surface area (Å²) in [6.07, 6.45) is 3.80. The Bertz CT molecular complexity index is 530. The highest BCUT2D eigenvalue weighted by molar-refractivity contribution is 5.94. The maximum absolute atomic E-state index is 11.7. The summed E-state index contributed by atoms with van der Waals surface area (Å²) in [5.41, 5.74) is 1.60. The van der Waals surface area contributed by atoms with E-state index in [-0.39, 0.29) is 23.7 Å². The average molecular weight is 259 g/mol. The van der Waals surface area contributed by atoms with Gasteiger partial charge in [0.05, 0.1) is 5.92 Å². The van der Waals surface area contributed by atoms with E-state index in [9.17, 15) is 9.59 Å². The third-order valence-corrected chi connectivity index (χ3v) is 3.53. The number of hydrogen-bond donors (Lipinski definition) is 1. The van der Waals surface area contributed by atoms with Crippen LogP contribution in [0.2, 0.25) is 0 Å². The van der Waals surface area contributed by atoms with Crippen LogP contribution in [0, 0.1) is 18.8 Å². The molecule has 0 radical (unpaired) electrons. The number of benzene rings is 1. The first-order valence-corrected chi connectivity index (χ1v) is 6.76. The summed E-state index contributed by atoms with van der Waals surface area (Å²) >= 11 is 0. The fourth-order valence-electron chi connectivity index (χ4n) is 1.89. The standard InChI is InChI=1S/C15H17NO3/c1-9-2-7-12(16-14(17)10-3-4-10)8-13(9)19-15(18)11-5-6-11/h2,7-8,10-11H,3-6H2,1H3,(H,16,17). The molecular formula is C15H17NO3. The number of hydrogen-bond acceptors (Lipinski definition) is 3. The monoisotopic (exact) mass is 259 g/mol. The Morgan fingerprint density at radius 2 is 1.84 bits per heavy atom. The average Bonchev–Trinajstić information content (AvgIpc) is 3.26. The van der Waals surface area contributed by atoms with Crippen LogP contribution in [-0.2, 0) is 9.59 Å². The Kier molecular flexibility index (Phi) is 3.01. The van der Waals surface area contributed by atoms with Gasteiger partial charge in [-0.15, -0.1) is 0 Å². The Morgan fingerprint density at radius 3 is 2.47 bits per heavy atom. The largest absolute Gasteiger partial charge is 0.426 e. The fourth-order valence-corrected chi connectivity index (χ4v) is 1.89. The van der Waals surface area contributed by atoms with Gasteiger partial charge in [-0.3, -0.25) is 9.59 Å². The molecule has 0 spiro atoms. The van der Waals surface area contributed by atoms with Crippen LogP contribution in [0.1, 0.15) is 31.2 Å². The van der Waals surface area contributed by atoms with Crippen molar-refractivity contribution < 1.29 is 14.3 Å². The van der Waals surface area contributed by atoms with Gasteiger partial charge in [0.25, 0.3) is 0 Å². The van der Waals surface area contributed by atoms with Crippen molar-refractivity contribution in [3.63, 3.8) is 0 Å². The number of amides is 1. The van der Waals surface area contributed by atoms with Crippen LogP contribution in [0.15, 0.2) is 18.2 Å². The number of carbonyl (C=O) groups is 2. The first-order chi connectivity index (χ1) is 9.13. The molecule has 0 saturated heterocycles. The van der Waals surface area contributed by atoms with Crippen molar-refractivity contribution in [2.24, 2.45) is 11.8 Å². The third-order valence-electron chi connectivity index (χ3n) is 3.53. The number of rotatable bonds is 4. The molecule has 2 saturated carbocycles. The van der Waals surface area contributed by atoms with E-state index in [1.165, 1.54) is 0 Å². The highest BCUT2D eigenvalue weighted by atomic mass is 16.5. The van der Waals surface area contributed by atoms with Gasteiger partial charge in [0, 0.05) is 17.7 Å². The smallest absolute Gasteiger partial charge is 0.314 e. The number of aryl methyl sites for hydroxylation is 1. The van der Waals surface area contributed by atoms with Gasteiger partial charge < -0.3 is 10.1 Å². The predicted molar refractivity (Wildman–Crippen MR) is 70.9 cm³/mol. The summed E-state index contributed by atoms with van der Waals surface area (Å²) in [7, 11) is 0. The van der Waals surface area contributed by atoms with E-state index in [2.05, 4.69) is 5.32 Å².